The van der Waals surface area contributed by atoms with Crippen LogP contribution in [0.5, 0.6) is 0 Å². The summed E-state index contributed by atoms with van der Waals surface area (Å²) < 4.78 is 0. The van der Waals surface area contributed by atoms with Crippen LogP contribution in [0.1, 0.15) is 11.1 Å². The highest BCUT2D eigenvalue weighted by atomic mass is 32.2. The Morgan fingerprint density at radius 2 is 1.58 bits per heavy atom. The van der Waals surface area contributed by atoms with Crippen molar-refractivity contribution in [1.82, 2.24) is 0 Å². The second kappa shape index (κ2) is 5.41. The van der Waals surface area contributed by atoms with Crippen LogP contribution in [0.3, 0.4) is 0 Å². The Labute approximate surface area is 116 Å². The van der Waals surface area contributed by atoms with Crippen LogP contribution in [0, 0.1) is 0 Å². The van der Waals surface area contributed by atoms with Gasteiger partial charge in [0, 0.05) is 5.56 Å². The number of rotatable bonds is 3. The lowest BCUT2D eigenvalue weighted by molar-refractivity contribution is -0.117. The summed E-state index contributed by atoms with van der Waals surface area (Å²) in [7, 11) is 0. The van der Waals surface area contributed by atoms with Gasteiger partial charge in [0.1, 0.15) is 5.04 Å². The van der Waals surface area contributed by atoms with Gasteiger partial charge < -0.3 is 0 Å². The van der Waals surface area contributed by atoms with Gasteiger partial charge in [-0.15, -0.1) is 0 Å². The van der Waals surface area contributed by atoms with Crippen LogP contribution in [0.4, 0.5) is 0 Å². The van der Waals surface area contributed by atoms with Gasteiger partial charge in [-0.05, 0) is 12.0 Å². The lowest BCUT2D eigenvalue weighted by atomic mass is 10.1. The Bertz CT molecular complexity index is 607. The number of aliphatic imine (C=N–C) groups is 1. The molecule has 94 valence electrons. The molecule has 0 saturated heterocycles. The zero-order valence-corrected chi connectivity index (χ0v) is 11.1. The highest BCUT2D eigenvalue weighted by Crippen LogP contribution is 2.29. The van der Waals surface area contributed by atoms with Crippen LogP contribution in [0.15, 0.2) is 65.7 Å². The number of thioether (sulfide) groups is 1. The van der Waals surface area contributed by atoms with E-state index in [1.165, 1.54) is 5.56 Å². The van der Waals surface area contributed by atoms with Crippen molar-refractivity contribution in [3.05, 3.63) is 71.8 Å². The summed E-state index contributed by atoms with van der Waals surface area (Å²) >= 11 is 1.57. The molecule has 0 radical (unpaired) electrons. The minimum absolute atomic E-state index is 0.0206. The van der Waals surface area contributed by atoms with E-state index in [1.54, 1.807) is 11.8 Å². The summed E-state index contributed by atoms with van der Waals surface area (Å²) in [5.74, 6) is -0.0206. The number of carbonyl (C=O) groups excluding carboxylic acids is 1. The molecule has 2 aromatic carbocycles. The lowest BCUT2D eigenvalue weighted by Crippen LogP contribution is -2.13. The summed E-state index contributed by atoms with van der Waals surface area (Å²) in [6, 6.07) is 20.0. The fraction of sp³-hybridized carbons (Fsp3) is 0.125. The van der Waals surface area contributed by atoms with Crippen molar-refractivity contribution in [2.24, 2.45) is 4.99 Å². The van der Waals surface area contributed by atoms with Gasteiger partial charge in [0.25, 0.3) is 5.91 Å². The van der Waals surface area contributed by atoms with E-state index in [4.69, 9.17) is 0 Å². The molecule has 1 aliphatic heterocycles. The molecule has 2 nitrogen and oxygen atoms in total. The first kappa shape index (κ1) is 12.2. The van der Waals surface area contributed by atoms with Crippen molar-refractivity contribution in [1.29, 1.82) is 0 Å². The molecule has 0 bridgehead atoms. The Kier molecular flexibility index (Phi) is 3.47. The average molecular weight is 267 g/mol. The quantitative estimate of drug-likeness (QED) is 0.853. The Morgan fingerprint density at radius 3 is 2.26 bits per heavy atom. The molecule has 0 aliphatic carbocycles. The molecule has 1 aliphatic rings. The molecule has 3 rings (SSSR count). The van der Waals surface area contributed by atoms with Crippen LogP contribution in [-0.4, -0.2) is 16.2 Å². The molecule has 0 N–H and O–H groups in total. The molecule has 19 heavy (non-hydrogen) atoms. The minimum atomic E-state index is -0.0855. The first-order valence-electron chi connectivity index (χ1n) is 6.21. The van der Waals surface area contributed by atoms with Gasteiger partial charge in [0.05, 0.1) is 5.25 Å². The van der Waals surface area contributed by atoms with Crippen molar-refractivity contribution < 1.29 is 4.79 Å². The molecule has 2 aromatic rings. The number of carbonyl (C=O) groups is 1. The van der Waals surface area contributed by atoms with E-state index in [0.717, 1.165) is 17.0 Å². The summed E-state index contributed by atoms with van der Waals surface area (Å²) in [6.07, 6.45) is 0.740. The summed E-state index contributed by atoms with van der Waals surface area (Å²) in [4.78, 5) is 16.1. The number of benzene rings is 2. The maximum atomic E-state index is 12.0. The Hall–Kier alpha value is -1.87. The van der Waals surface area contributed by atoms with Gasteiger partial charge in [-0.2, -0.15) is 0 Å². The van der Waals surface area contributed by atoms with E-state index in [0.29, 0.717) is 0 Å². The molecular weight excluding hydrogens is 254 g/mol. The summed E-state index contributed by atoms with van der Waals surface area (Å²) in [5.41, 5.74) is 2.20. The van der Waals surface area contributed by atoms with Crippen molar-refractivity contribution in [2.45, 2.75) is 11.7 Å². The number of nitrogens with zero attached hydrogens (tertiary/aromatic N) is 1. The standard InChI is InChI=1S/C16H13NOS/c18-15-14(11-12-7-3-1-4-8-12)19-16(17-15)13-9-5-2-6-10-13/h1-10,14H,11H2. The van der Waals surface area contributed by atoms with E-state index >= 15 is 0 Å². The van der Waals surface area contributed by atoms with Crippen LogP contribution >= 0.6 is 11.8 Å². The molecule has 0 fully saturated rings. The molecule has 1 unspecified atom stereocenters. The zero-order chi connectivity index (χ0) is 13.1. The Balaban J connectivity index is 1.74. The Morgan fingerprint density at radius 1 is 0.947 bits per heavy atom. The van der Waals surface area contributed by atoms with E-state index in [-0.39, 0.29) is 11.2 Å². The third-order valence-electron chi connectivity index (χ3n) is 3.03. The van der Waals surface area contributed by atoms with Gasteiger partial charge in [0.15, 0.2) is 0 Å². The average Bonchev–Trinajstić information content (AvgIpc) is 2.82. The van der Waals surface area contributed by atoms with E-state index in [9.17, 15) is 4.79 Å². The van der Waals surface area contributed by atoms with E-state index in [1.807, 2.05) is 60.7 Å². The van der Waals surface area contributed by atoms with Gasteiger partial charge in [0.2, 0.25) is 0 Å². The predicted molar refractivity (Wildman–Crippen MR) is 79.5 cm³/mol. The highest BCUT2D eigenvalue weighted by Gasteiger charge is 2.28. The zero-order valence-electron chi connectivity index (χ0n) is 10.3. The monoisotopic (exact) mass is 267 g/mol. The van der Waals surface area contributed by atoms with Crippen LogP contribution in [0.2, 0.25) is 0 Å². The maximum Gasteiger partial charge on any atom is 0.260 e. The van der Waals surface area contributed by atoms with Crippen molar-refractivity contribution in [2.75, 3.05) is 0 Å². The summed E-state index contributed by atoms with van der Waals surface area (Å²) in [6.45, 7) is 0. The highest BCUT2D eigenvalue weighted by molar-refractivity contribution is 8.16. The van der Waals surface area contributed by atoms with Crippen molar-refractivity contribution >= 4 is 22.7 Å². The minimum Gasteiger partial charge on any atom is -0.271 e. The van der Waals surface area contributed by atoms with Gasteiger partial charge in [-0.25, -0.2) is 4.99 Å². The van der Waals surface area contributed by atoms with Crippen LogP contribution in [0.25, 0.3) is 0 Å². The van der Waals surface area contributed by atoms with E-state index < -0.39 is 0 Å². The lowest BCUT2D eigenvalue weighted by Gasteiger charge is -2.06. The molecule has 0 spiro atoms. The molecular formula is C16H13NOS. The van der Waals surface area contributed by atoms with Gasteiger partial charge >= 0.3 is 0 Å². The van der Waals surface area contributed by atoms with Crippen molar-refractivity contribution in [3.63, 3.8) is 0 Å². The fourth-order valence-electron chi connectivity index (χ4n) is 2.05. The molecule has 1 amide bonds. The van der Waals surface area contributed by atoms with Crippen LogP contribution in [-0.2, 0) is 11.2 Å². The molecule has 1 atom stereocenters. The molecule has 1 heterocycles. The SMILES string of the molecule is O=C1N=C(c2ccccc2)SC1Cc1ccccc1. The number of hydrogen-bond donors (Lipinski definition) is 0. The molecule has 0 aromatic heterocycles. The first-order chi connectivity index (χ1) is 9.33. The molecule has 0 saturated carbocycles. The fourth-order valence-corrected chi connectivity index (χ4v) is 3.17. The number of hydrogen-bond acceptors (Lipinski definition) is 2. The second-order valence-electron chi connectivity index (χ2n) is 4.42. The van der Waals surface area contributed by atoms with E-state index in [2.05, 4.69) is 4.99 Å². The van der Waals surface area contributed by atoms with Crippen LogP contribution < -0.4 is 0 Å². The van der Waals surface area contributed by atoms with Gasteiger partial charge in [-0.3, -0.25) is 4.79 Å². The van der Waals surface area contributed by atoms with Gasteiger partial charge in [-0.1, -0.05) is 72.4 Å². The van der Waals surface area contributed by atoms with Crippen molar-refractivity contribution in [3.8, 4) is 0 Å². The smallest absolute Gasteiger partial charge is 0.260 e. The largest absolute Gasteiger partial charge is 0.271 e. The second-order valence-corrected chi connectivity index (χ2v) is 5.61. The first-order valence-corrected chi connectivity index (χ1v) is 7.09. The topological polar surface area (TPSA) is 29.4 Å². The third kappa shape index (κ3) is 2.76. The number of amides is 1. The maximum absolute atomic E-state index is 12.0. The third-order valence-corrected chi connectivity index (χ3v) is 4.23. The normalized spacial score (nSPS) is 18.4. The predicted octanol–water partition coefficient (Wildman–Crippen LogP) is 3.32. The molecule has 3 heteroatoms. The summed E-state index contributed by atoms with van der Waals surface area (Å²) in [5, 5.41) is 0.754.